The Morgan fingerprint density at radius 1 is 1.20 bits per heavy atom. The average Bonchev–Trinajstić information content (AvgIpc) is 3.01. The molecule has 0 unspecified atom stereocenters. The topological polar surface area (TPSA) is 75.6 Å². The quantitative estimate of drug-likeness (QED) is 0.414. The number of benzene rings is 1. The van der Waals surface area contributed by atoms with Crippen LogP contribution in [0.4, 0.5) is 5.69 Å². The fraction of sp³-hybridized carbons (Fsp3) is 0.438. The molecule has 25 heavy (non-hydrogen) atoms. The van der Waals surface area contributed by atoms with E-state index in [2.05, 4.69) is 37.0 Å². The van der Waals surface area contributed by atoms with E-state index in [9.17, 15) is 0 Å². The molecule has 136 valence electrons. The van der Waals surface area contributed by atoms with Gasteiger partial charge in [0.05, 0.1) is 0 Å². The first-order valence-electron chi connectivity index (χ1n) is 8.02. The Kier molecular flexibility index (Phi) is 7.30. The van der Waals surface area contributed by atoms with Crippen molar-refractivity contribution in [2.24, 2.45) is 17.8 Å². The summed E-state index contributed by atoms with van der Waals surface area (Å²) >= 11 is 5.94. The largest absolute Gasteiger partial charge is 0.370 e. The number of nitrogens with zero attached hydrogens (tertiary/aromatic N) is 6. The third-order valence-corrected chi connectivity index (χ3v) is 4.30. The predicted octanol–water partition coefficient (Wildman–Crippen LogP) is 1.77. The van der Waals surface area contributed by atoms with Crippen LogP contribution in [0.15, 0.2) is 35.6 Å². The number of halogens is 2. The Labute approximate surface area is 169 Å². The molecular formula is C16H23ClIN7. The minimum absolute atomic E-state index is 0. The van der Waals surface area contributed by atoms with Crippen molar-refractivity contribution in [2.45, 2.75) is 6.42 Å². The van der Waals surface area contributed by atoms with Gasteiger partial charge in [-0.25, -0.2) is 4.98 Å². The lowest BCUT2D eigenvalue weighted by Crippen LogP contribution is -2.51. The number of aryl methyl sites for hydroxylation is 1. The number of hydrogen-bond acceptors (Lipinski definition) is 4. The molecule has 1 aliphatic rings. The van der Waals surface area contributed by atoms with Crippen LogP contribution < -0.4 is 10.6 Å². The van der Waals surface area contributed by atoms with Crippen LogP contribution in [0.5, 0.6) is 0 Å². The van der Waals surface area contributed by atoms with Gasteiger partial charge in [0.25, 0.3) is 0 Å². The van der Waals surface area contributed by atoms with Gasteiger partial charge in [0.2, 0.25) is 0 Å². The number of hydrogen-bond donors (Lipinski definition) is 1. The zero-order valence-electron chi connectivity index (χ0n) is 14.2. The highest BCUT2D eigenvalue weighted by atomic mass is 127. The Morgan fingerprint density at radius 2 is 1.88 bits per heavy atom. The Morgan fingerprint density at radius 3 is 2.48 bits per heavy atom. The number of aromatic nitrogens is 3. The zero-order chi connectivity index (χ0) is 16.9. The highest BCUT2D eigenvalue weighted by Crippen LogP contribution is 2.19. The molecule has 3 rings (SSSR count). The van der Waals surface area contributed by atoms with Crippen LogP contribution in [0.1, 0.15) is 5.82 Å². The van der Waals surface area contributed by atoms with E-state index >= 15 is 0 Å². The summed E-state index contributed by atoms with van der Waals surface area (Å²) in [5, 5.41) is 5.00. The maximum atomic E-state index is 6.12. The molecule has 1 saturated heterocycles. The van der Waals surface area contributed by atoms with Gasteiger partial charge < -0.3 is 15.5 Å². The highest BCUT2D eigenvalue weighted by Gasteiger charge is 2.18. The van der Waals surface area contributed by atoms with Gasteiger partial charge in [-0.2, -0.15) is 5.10 Å². The fourth-order valence-electron chi connectivity index (χ4n) is 2.71. The van der Waals surface area contributed by atoms with Crippen molar-refractivity contribution in [3.05, 3.63) is 41.4 Å². The van der Waals surface area contributed by atoms with Gasteiger partial charge in [0.15, 0.2) is 11.8 Å². The zero-order valence-corrected chi connectivity index (χ0v) is 17.3. The third-order valence-electron chi connectivity index (χ3n) is 4.05. The van der Waals surface area contributed by atoms with Crippen molar-refractivity contribution in [1.82, 2.24) is 19.7 Å². The summed E-state index contributed by atoms with van der Waals surface area (Å²) in [5.74, 6) is 1.39. The molecule has 0 atom stereocenters. The van der Waals surface area contributed by atoms with Crippen LogP contribution in [0.25, 0.3) is 0 Å². The van der Waals surface area contributed by atoms with E-state index in [1.54, 1.807) is 11.0 Å². The molecule has 1 aliphatic heterocycles. The van der Waals surface area contributed by atoms with E-state index in [4.69, 9.17) is 17.3 Å². The van der Waals surface area contributed by atoms with Crippen molar-refractivity contribution in [2.75, 3.05) is 37.6 Å². The van der Waals surface area contributed by atoms with Gasteiger partial charge in [-0.1, -0.05) is 11.6 Å². The van der Waals surface area contributed by atoms with Crippen LogP contribution in [-0.4, -0.2) is 58.3 Å². The second-order valence-corrected chi connectivity index (χ2v) is 6.21. The monoisotopic (exact) mass is 475 g/mol. The van der Waals surface area contributed by atoms with Crippen molar-refractivity contribution < 1.29 is 0 Å². The Balaban J connectivity index is 0.00000225. The van der Waals surface area contributed by atoms with Gasteiger partial charge >= 0.3 is 0 Å². The summed E-state index contributed by atoms with van der Waals surface area (Å²) in [6.07, 6.45) is 2.39. The summed E-state index contributed by atoms with van der Waals surface area (Å²) in [6, 6.07) is 7.94. The fourth-order valence-corrected chi connectivity index (χ4v) is 2.84. The van der Waals surface area contributed by atoms with E-state index in [0.717, 1.165) is 37.0 Å². The molecule has 1 aromatic heterocycles. The van der Waals surface area contributed by atoms with Crippen molar-refractivity contribution in [1.29, 1.82) is 0 Å². The summed E-state index contributed by atoms with van der Waals surface area (Å²) in [4.78, 5) is 13.1. The standard InChI is InChI=1S/C16H22ClN7.HI/c1-22-12-20-15(21-22)6-7-19-16(18)24-10-8-23(9-11-24)14-4-2-13(17)3-5-14;/h2-5,12H,6-11H2,1H3,(H2,18,19);1H. The molecule has 2 aromatic rings. The van der Waals surface area contributed by atoms with Gasteiger partial charge in [0.1, 0.15) is 6.33 Å². The normalized spacial score (nSPS) is 15.2. The molecule has 0 spiro atoms. The third kappa shape index (κ3) is 5.46. The lowest BCUT2D eigenvalue weighted by atomic mass is 10.2. The molecular weight excluding hydrogens is 453 g/mol. The minimum atomic E-state index is 0. The summed E-state index contributed by atoms with van der Waals surface area (Å²) in [5.41, 5.74) is 7.31. The minimum Gasteiger partial charge on any atom is -0.370 e. The van der Waals surface area contributed by atoms with Crippen molar-refractivity contribution >= 4 is 47.2 Å². The van der Waals surface area contributed by atoms with Crippen LogP contribution >= 0.6 is 35.6 Å². The van der Waals surface area contributed by atoms with E-state index in [1.807, 2.05) is 19.2 Å². The first kappa shape index (κ1) is 19.8. The van der Waals surface area contributed by atoms with Gasteiger partial charge in [-0.05, 0) is 24.3 Å². The molecule has 9 heteroatoms. The maximum Gasteiger partial charge on any atom is 0.191 e. The van der Waals surface area contributed by atoms with E-state index < -0.39 is 0 Å². The predicted molar refractivity (Wildman–Crippen MR) is 112 cm³/mol. The SMILES string of the molecule is Cn1cnc(CCN=C(N)N2CCN(c3ccc(Cl)cc3)CC2)n1.I. The first-order valence-corrected chi connectivity index (χ1v) is 8.39. The number of aliphatic imine (C=N–C) groups is 1. The lowest BCUT2D eigenvalue weighted by molar-refractivity contribution is 0.381. The highest BCUT2D eigenvalue weighted by molar-refractivity contribution is 14.0. The summed E-state index contributed by atoms with van der Waals surface area (Å²) in [6.45, 7) is 4.16. The van der Waals surface area contributed by atoms with E-state index in [0.29, 0.717) is 18.9 Å². The molecule has 2 N–H and O–H groups in total. The van der Waals surface area contributed by atoms with E-state index in [1.165, 1.54) is 5.69 Å². The molecule has 0 aliphatic carbocycles. The number of nitrogens with two attached hydrogens (primary N) is 1. The van der Waals surface area contributed by atoms with Crippen molar-refractivity contribution in [3.8, 4) is 0 Å². The van der Waals surface area contributed by atoms with E-state index in [-0.39, 0.29) is 24.0 Å². The smallest absolute Gasteiger partial charge is 0.191 e. The van der Waals surface area contributed by atoms with Crippen LogP contribution in [-0.2, 0) is 13.5 Å². The molecule has 1 fully saturated rings. The lowest BCUT2D eigenvalue weighted by Gasteiger charge is -2.36. The average molecular weight is 476 g/mol. The molecule has 7 nitrogen and oxygen atoms in total. The number of piperazine rings is 1. The molecule has 0 amide bonds. The molecule has 2 heterocycles. The maximum absolute atomic E-state index is 6.12. The molecule has 0 saturated carbocycles. The second-order valence-electron chi connectivity index (χ2n) is 5.77. The summed E-state index contributed by atoms with van der Waals surface area (Å²) in [7, 11) is 1.86. The van der Waals surface area contributed by atoms with Crippen molar-refractivity contribution in [3.63, 3.8) is 0 Å². The Bertz CT molecular complexity index is 693. The molecule has 1 aromatic carbocycles. The number of anilines is 1. The number of rotatable bonds is 4. The number of guanidine groups is 1. The van der Waals surface area contributed by atoms with Gasteiger partial charge in [-0.3, -0.25) is 9.67 Å². The van der Waals surface area contributed by atoms with Crippen LogP contribution in [0.3, 0.4) is 0 Å². The van der Waals surface area contributed by atoms with Gasteiger partial charge in [-0.15, -0.1) is 24.0 Å². The van der Waals surface area contributed by atoms with Crippen LogP contribution in [0.2, 0.25) is 5.02 Å². The Hall–Kier alpha value is -1.55. The molecule has 0 radical (unpaired) electrons. The van der Waals surface area contributed by atoms with Crippen LogP contribution in [0, 0.1) is 0 Å². The van der Waals surface area contributed by atoms with Gasteiger partial charge in [0, 0.05) is 56.9 Å². The summed E-state index contributed by atoms with van der Waals surface area (Å²) < 4.78 is 1.69. The molecule has 0 bridgehead atoms. The second kappa shape index (κ2) is 9.23. The first-order chi connectivity index (χ1) is 11.6.